The standard InChI is InChI=1S/C21H34OSi.2ClH.Zr/c1-5-21(19-13-9-10-14-19,20-15-11-12-16-20)17-18-22-23(6-2,7-3)8-4;;;/h9-16,19-20H,5-8,17-18H2,1-4H3;2*1H;/q;;;+2/p-2. The number of hydrogen-bond acceptors (Lipinski definition) is 1. The molecule has 0 spiro atoms. The zero-order valence-electron chi connectivity index (χ0n) is 16.7. The van der Waals surface area contributed by atoms with Crippen molar-refractivity contribution in [1.29, 1.82) is 0 Å². The Morgan fingerprint density at radius 1 is 0.769 bits per heavy atom. The molecule has 0 N–H and O–H groups in total. The van der Waals surface area contributed by atoms with E-state index in [4.69, 9.17) is 4.43 Å². The Kier molecular flexibility index (Phi) is 15.2. The Labute approximate surface area is 193 Å². The van der Waals surface area contributed by atoms with E-state index in [9.17, 15) is 0 Å². The quantitative estimate of drug-likeness (QED) is 0.399. The van der Waals surface area contributed by atoms with E-state index in [2.05, 4.69) is 76.3 Å². The number of rotatable bonds is 10. The summed E-state index contributed by atoms with van der Waals surface area (Å²) in [5, 5.41) is 0. The minimum atomic E-state index is -1.48. The second kappa shape index (κ2) is 13.7. The number of allylic oxidation sites excluding steroid dienone is 8. The van der Waals surface area contributed by atoms with Gasteiger partial charge < -0.3 is 29.2 Å². The van der Waals surface area contributed by atoms with Gasteiger partial charge in [-0.1, -0.05) is 76.3 Å². The molecular formula is C21H34Cl2OSiZr. The zero-order valence-corrected chi connectivity index (χ0v) is 21.7. The molecule has 5 heteroatoms. The van der Waals surface area contributed by atoms with Gasteiger partial charge in [0.05, 0.1) is 0 Å². The molecular weight excluding hydrogens is 458 g/mol. The summed E-state index contributed by atoms with van der Waals surface area (Å²) in [5.41, 5.74) is 0.266. The maximum atomic E-state index is 6.60. The molecule has 2 rings (SSSR count). The molecule has 1 nitrogen and oxygen atoms in total. The average Bonchev–Trinajstić information content (AvgIpc) is 3.30. The Hall–Kier alpha value is 0.600. The summed E-state index contributed by atoms with van der Waals surface area (Å²) in [4.78, 5) is 0. The van der Waals surface area contributed by atoms with E-state index in [1.165, 1.54) is 24.6 Å². The topological polar surface area (TPSA) is 9.23 Å². The van der Waals surface area contributed by atoms with Crippen molar-refractivity contribution in [1.82, 2.24) is 0 Å². The van der Waals surface area contributed by atoms with Gasteiger partial charge in [0.2, 0.25) is 0 Å². The molecule has 0 aromatic heterocycles. The second-order valence-electron chi connectivity index (χ2n) is 7.02. The average molecular weight is 493 g/mol. The van der Waals surface area contributed by atoms with Gasteiger partial charge in [0.1, 0.15) is 0 Å². The van der Waals surface area contributed by atoms with Gasteiger partial charge in [0.25, 0.3) is 0 Å². The van der Waals surface area contributed by atoms with Crippen molar-refractivity contribution in [3.63, 3.8) is 0 Å². The summed E-state index contributed by atoms with van der Waals surface area (Å²) in [6.07, 6.45) is 20.7. The van der Waals surface area contributed by atoms with Crippen molar-refractivity contribution in [3.05, 3.63) is 48.6 Å². The molecule has 0 heterocycles. The molecule has 0 aromatic rings. The van der Waals surface area contributed by atoms with E-state index < -0.39 is 8.32 Å². The molecule has 0 aliphatic heterocycles. The van der Waals surface area contributed by atoms with Crippen molar-refractivity contribution >= 4 is 8.32 Å². The predicted octanol–water partition coefficient (Wildman–Crippen LogP) is 0.285. The molecule has 0 amide bonds. The van der Waals surface area contributed by atoms with Crippen molar-refractivity contribution in [2.24, 2.45) is 17.3 Å². The SMILES string of the molecule is CCC(CCO[Si](CC)(CC)CC)(C1C=CC=C1)C1C=CC=C1.[Cl-].[Cl-].[Zr+2]. The molecule has 146 valence electrons. The van der Waals surface area contributed by atoms with Crippen LogP contribution >= 0.6 is 0 Å². The van der Waals surface area contributed by atoms with E-state index in [1.54, 1.807) is 0 Å². The fourth-order valence-corrected chi connectivity index (χ4v) is 7.00. The first-order chi connectivity index (χ1) is 11.2. The first-order valence-corrected chi connectivity index (χ1v) is 12.0. The fraction of sp³-hybridized carbons (Fsp3) is 0.619. The summed E-state index contributed by atoms with van der Waals surface area (Å²) in [6.45, 7) is 10.2. The van der Waals surface area contributed by atoms with E-state index in [0.29, 0.717) is 11.8 Å². The molecule has 0 saturated carbocycles. The Bertz CT molecular complexity index is 438. The summed E-state index contributed by atoms with van der Waals surface area (Å²) >= 11 is 0. The molecule has 0 bridgehead atoms. The predicted molar refractivity (Wildman–Crippen MR) is 104 cm³/mol. The number of hydrogen-bond donors (Lipinski definition) is 0. The molecule has 0 radical (unpaired) electrons. The van der Waals surface area contributed by atoms with Gasteiger partial charge in [-0.15, -0.1) is 0 Å². The third-order valence-electron chi connectivity index (χ3n) is 6.39. The van der Waals surface area contributed by atoms with Crippen molar-refractivity contribution in [3.8, 4) is 0 Å². The molecule has 0 fully saturated rings. The molecule has 0 aromatic carbocycles. The van der Waals surface area contributed by atoms with Gasteiger partial charge in [0, 0.05) is 18.4 Å². The van der Waals surface area contributed by atoms with E-state index >= 15 is 0 Å². The van der Waals surface area contributed by atoms with Crippen LogP contribution in [0, 0.1) is 17.3 Å². The van der Waals surface area contributed by atoms with Crippen molar-refractivity contribution in [2.75, 3.05) is 6.61 Å². The van der Waals surface area contributed by atoms with E-state index in [0.717, 1.165) is 13.0 Å². The molecule has 0 unspecified atom stereocenters. The monoisotopic (exact) mass is 490 g/mol. The van der Waals surface area contributed by atoms with E-state index in [1.807, 2.05) is 0 Å². The molecule has 0 atom stereocenters. The largest absolute Gasteiger partial charge is 2.00 e. The summed E-state index contributed by atoms with van der Waals surface area (Å²) in [6, 6.07) is 3.72. The Balaban J connectivity index is 0. The first-order valence-electron chi connectivity index (χ1n) is 9.50. The van der Waals surface area contributed by atoms with Crippen LogP contribution in [0.3, 0.4) is 0 Å². The van der Waals surface area contributed by atoms with Crippen LogP contribution in [0.1, 0.15) is 40.5 Å². The maximum Gasteiger partial charge on any atom is 2.00 e. The Morgan fingerprint density at radius 3 is 1.46 bits per heavy atom. The van der Waals surface area contributed by atoms with E-state index in [-0.39, 0.29) is 56.4 Å². The van der Waals surface area contributed by atoms with Gasteiger partial charge in [-0.25, -0.2) is 0 Å². The minimum Gasteiger partial charge on any atom is -1.00 e. The van der Waals surface area contributed by atoms with Gasteiger partial charge in [-0.3, -0.25) is 0 Å². The van der Waals surface area contributed by atoms with Crippen molar-refractivity contribution < 1.29 is 55.4 Å². The normalized spacial score (nSPS) is 16.5. The van der Waals surface area contributed by atoms with Gasteiger partial charge in [0.15, 0.2) is 8.32 Å². The number of halogens is 2. The van der Waals surface area contributed by atoms with Crippen LogP contribution in [0.2, 0.25) is 18.1 Å². The zero-order chi connectivity index (χ0) is 16.8. The minimum absolute atomic E-state index is 0. The summed E-state index contributed by atoms with van der Waals surface area (Å²) in [7, 11) is -1.48. The smallest absolute Gasteiger partial charge is 1.00 e. The van der Waals surface area contributed by atoms with Crippen LogP contribution < -0.4 is 24.8 Å². The van der Waals surface area contributed by atoms with Gasteiger partial charge in [-0.05, 0) is 36.4 Å². The molecule has 2 aliphatic carbocycles. The molecule has 26 heavy (non-hydrogen) atoms. The van der Waals surface area contributed by atoms with Crippen LogP contribution in [-0.4, -0.2) is 14.9 Å². The fourth-order valence-electron chi connectivity index (χ4n) is 4.35. The van der Waals surface area contributed by atoms with Crippen LogP contribution in [0.15, 0.2) is 48.6 Å². The molecule has 2 aliphatic rings. The third-order valence-corrected chi connectivity index (χ3v) is 11.1. The summed E-state index contributed by atoms with van der Waals surface area (Å²) < 4.78 is 6.60. The van der Waals surface area contributed by atoms with Crippen LogP contribution in [-0.2, 0) is 30.6 Å². The van der Waals surface area contributed by atoms with Crippen LogP contribution in [0.25, 0.3) is 0 Å². The third kappa shape index (κ3) is 6.31. The second-order valence-corrected chi connectivity index (χ2v) is 11.8. The Morgan fingerprint density at radius 2 is 1.15 bits per heavy atom. The van der Waals surface area contributed by atoms with Gasteiger partial charge in [-0.2, -0.15) is 0 Å². The maximum absolute atomic E-state index is 6.60. The van der Waals surface area contributed by atoms with Crippen molar-refractivity contribution in [2.45, 2.75) is 58.7 Å². The molecule has 0 saturated heterocycles. The summed E-state index contributed by atoms with van der Waals surface area (Å²) in [5.74, 6) is 1.07. The van der Waals surface area contributed by atoms with Gasteiger partial charge >= 0.3 is 26.2 Å². The van der Waals surface area contributed by atoms with Crippen LogP contribution in [0.5, 0.6) is 0 Å². The van der Waals surface area contributed by atoms with Crippen LogP contribution in [0.4, 0.5) is 0 Å². The first kappa shape index (κ1) is 28.8.